The van der Waals surface area contributed by atoms with Crippen molar-refractivity contribution >= 4 is 22.9 Å². The Kier molecular flexibility index (Phi) is 4.75. The number of aromatic amines is 1. The summed E-state index contributed by atoms with van der Waals surface area (Å²) < 4.78 is 12.8. The Hall–Kier alpha value is -2.88. The summed E-state index contributed by atoms with van der Waals surface area (Å²) in [5.41, 5.74) is 4.31. The maximum Gasteiger partial charge on any atom is 0.244 e. The quantitative estimate of drug-likeness (QED) is 0.686. The number of rotatable bonds is 5. The lowest BCUT2D eigenvalue weighted by Crippen LogP contribution is -2.23. The van der Waals surface area contributed by atoms with Crippen LogP contribution in [0.15, 0.2) is 54.7 Å². The van der Waals surface area contributed by atoms with Gasteiger partial charge in [0, 0.05) is 29.7 Å². The van der Waals surface area contributed by atoms with Gasteiger partial charge in [0.1, 0.15) is 5.82 Å². The van der Waals surface area contributed by atoms with Gasteiger partial charge in [-0.05, 0) is 54.8 Å². The van der Waals surface area contributed by atoms with E-state index in [0.717, 1.165) is 17.5 Å². The zero-order valence-electron chi connectivity index (χ0n) is 13.5. The van der Waals surface area contributed by atoms with Crippen LogP contribution in [0.4, 0.5) is 4.39 Å². The summed E-state index contributed by atoms with van der Waals surface area (Å²) in [7, 11) is 0. The number of H-pyrrole nitrogens is 1. The fraction of sp³-hybridized carbons (Fsp3) is 0.150. The highest BCUT2D eigenvalue weighted by Crippen LogP contribution is 2.19. The normalized spacial score (nSPS) is 11.2. The number of halogens is 1. The first kappa shape index (κ1) is 16.0. The van der Waals surface area contributed by atoms with Gasteiger partial charge in [-0.3, -0.25) is 4.79 Å². The summed E-state index contributed by atoms with van der Waals surface area (Å²) in [6.45, 7) is 2.63. The van der Waals surface area contributed by atoms with Gasteiger partial charge in [-0.2, -0.15) is 0 Å². The summed E-state index contributed by atoms with van der Waals surface area (Å²) in [5, 5.41) is 4.07. The smallest absolute Gasteiger partial charge is 0.244 e. The summed E-state index contributed by atoms with van der Waals surface area (Å²) >= 11 is 0. The van der Waals surface area contributed by atoms with Gasteiger partial charge in [-0.1, -0.05) is 23.8 Å². The minimum Gasteiger partial charge on any atom is -0.361 e. The molecule has 4 heteroatoms. The summed E-state index contributed by atoms with van der Waals surface area (Å²) in [4.78, 5) is 15.1. The van der Waals surface area contributed by atoms with Gasteiger partial charge in [0.25, 0.3) is 0 Å². The number of hydrogen-bond donors (Lipinski definition) is 2. The van der Waals surface area contributed by atoms with Crippen molar-refractivity contribution in [2.24, 2.45) is 0 Å². The van der Waals surface area contributed by atoms with E-state index in [1.165, 1.54) is 34.7 Å². The van der Waals surface area contributed by atoms with Crippen molar-refractivity contribution in [1.82, 2.24) is 10.3 Å². The number of carbonyl (C=O) groups excluding carboxylic acids is 1. The van der Waals surface area contributed by atoms with Crippen LogP contribution in [0.1, 0.15) is 16.7 Å². The average Bonchev–Trinajstić information content (AvgIpc) is 2.97. The highest BCUT2D eigenvalue weighted by Gasteiger charge is 2.04. The summed E-state index contributed by atoms with van der Waals surface area (Å²) in [5.74, 6) is -0.444. The molecule has 122 valence electrons. The molecule has 0 radical (unpaired) electrons. The molecule has 3 aromatic rings. The van der Waals surface area contributed by atoms with E-state index >= 15 is 0 Å². The van der Waals surface area contributed by atoms with Crippen LogP contribution in [0.5, 0.6) is 0 Å². The summed E-state index contributed by atoms with van der Waals surface area (Å²) in [6.07, 6.45) is 5.89. The van der Waals surface area contributed by atoms with Gasteiger partial charge in [0.15, 0.2) is 0 Å². The summed E-state index contributed by atoms with van der Waals surface area (Å²) in [6, 6.07) is 12.3. The SMILES string of the molecule is Cc1ccc2[nH]cc(CCNC(=O)/C=C/c3ccc(F)cc3)c2c1. The van der Waals surface area contributed by atoms with E-state index in [1.54, 1.807) is 18.2 Å². The van der Waals surface area contributed by atoms with E-state index < -0.39 is 0 Å². The van der Waals surface area contributed by atoms with Crippen LogP contribution >= 0.6 is 0 Å². The van der Waals surface area contributed by atoms with Gasteiger partial charge < -0.3 is 10.3 Å². The monoisotopic (exact) mass is 322 g/mol. The average molecular weight is 322 g/mol. The van der Waals surface area contributed by atoms with Crippen LogP contribution in [0.2, 0.25) is 0 Å². The predicted molar refractivity (Wildman–Crippen MR) is 95.2 cm³/mol. The number of benzene rings is 2. The second-order valence-electron chi connectivity index (χ2n) is 5.79. The Morgan fingerprint density at radius 1 is 1.21 bits per heavy atom. The highest BCUT2D eigenvalue weighted by atomic mass is 19.1. The number of aryl methyl sites for hydroxylation is 1. The van der Waals surface area contributed by atoms with Gasteiger partial charge in [-0.15, -0.1) is 0 Å². The van der Waals surface area contributed by atoms with Crippen molar-refractivity contribution in [3.05, 3.63) is 77.2 Å². The molecule has 1 heterocycles. The molecule has 0 aliphatic rings. The molecule has 2 aromatic carbocycles. The molecule has 0 unspecified atom stereocenters. The van der Waals surface area contributed by atoms with Crippen LogP contribution in [-0.2, 0) is 11.2 Å². The third-order valence-electron chi connectivity index (χ3n) is 3.91. The number of hydrogen-bond acceptors (Lipinski definition) is 1. The van der Waals surface area contributed by atoms with Gasteiger partial charge >= 0.3 is 0 Å². The number of amides is 1. The van der Waals surface area contributed by atoms with E-state index in [4.69, 9.17) is 0 Å². The molecule has 0 fully saturated rings. The zero-order valence-corrected chi connectivity index (χ0v) is 13.5. The topological polar surface area (TPSA) is 44.9 Å². The molecule has 2 N–H and O–H groups in total. The molecule has 1 aromatic heterocycles. The molecule has 24 heavy (non-hydrogen) atoms. The molecule has 0 aliphatic carbocycles. The molecule has 0 atom stereocenters. The van der Waals surface area contributed by atoms with Gasteiger partial charge in [0.05, 0.1) is 0 Å². The Morgan fingerprint density at radius 2 is 2.00 bits per heavy atom. The van der Waals surface area contributed by atoms with Crippen LogP contribution in [0, 0.1) is 12.7 Å². The van der Waals surface area contributed by atoms with E-state index in [-0.39, 0.29) is 11.7 Å². The van der Waals surface area contributed by atoms with Gasteiger partial charge in [-0.25, -0.2) is 4.39 Å². The largest absolute Gasteiger partial charge is 0.361 e. The van der Waals surface area contributed by atoms with E-state index in [2.05, 4.69) is 35.4 Å². The molecule has 0 bridgehead atoms. The number of carbonyl (C=O) groups is 1. The van der Waals surface area contributed by atoms with E-state index in [9.17, 15) is 9.18 Å². The first-order chi connectivity index (χ1) is 11.6. The second kappa shape index (κ2) is 7.13. The first-order valence-corrected chi connectivity index (χ1v) is 7.90. The van der Waals surface area contributed by atoms with Crippen molar-refractivity contribution in [1.29, 1.82) is 0 Å². The molecule has 0 aliphatic heterocycles. The third kappa shape index (κ3) is 3.90. The second-order valence-corrected chi connectivity index (χ2v) is 5.79. The van der Waals surface area contributed by atoms with Crippen molar-refractivity contribution in [2.75, 3.05) is 6.54 Å². The maximum absolute atomic E-state index is 12.8. The third-order valence-corrected chi connectivity index (χ3v) is 3.91. The number of aromatic nitrogens is 1. The fourth-order valence-electron chi connectivity index (χ4n) is 2.62. The molecule has 0 saturated carbocycles. The maximum atomic E-state index is 12.8. The van der Waals surface area contributed by atoms with E-state index in [1.807, 2.05) is 6.20 Å². The fourth-order valence-corrected chi connectivity index (χ4v) is 2.62. The Bertz CT molecular complexity index is 878. The molecule has 3 rings (SSSR count). The van der Waals surface area contributed by atoms with Crippen LogP contribution in [0.3, 0.4) is 0 Å². The lowest BCUT2D eigenvalue weighted by molar-refractivity contribution is -0.116. The van der Waals surface area contributed by atoms with Crippen molar-refractivity contribution in [3.63, 3.8) is 0 Å². The minimum absolute atomic E-state index is 0.157. The molecule has 3 nitrogen and oxygen atoms in total. The van der Waals surface area contributed by atoms with Crippen molar-refractivity contribution in [3.8, 4) is 0 Å². The molecular formula is C20H19FN2O. The Labute approximate surface area is 140 Å². The minimum atomic E-state index is -0.287. The lowest BCUT2D eigenvalue weighted by Gasteiger charge is -2.02. The van der Waals surface area contributed by atoms with Crippen molar-refractivity contribution < 1.29 is 9.18 Å². The molecule has 0 saturated heterocycles. The molecule has 0 spiro atoms. The van der Waals surface area contributed by atoms with Crippen LogP contribution < -0.4 is 5.32 Å². The Balaban J connectivity index is 1.54. The first-order valence-electron chi connectivity index (χ1n) is 7.90. The predicted octanol–water partition coefficient (Wildman–Crippen LogP) is 3.99. The van der Waals surface area contributed by atoms with Crippen molar-refractivity contribution in [2.45, 2.75) is 13.3 Å². The van der Waals surface area contributed by atoms with Crippen LogP contribution in [-0.4, -0.2) is 17.4 Å². The number of nitrogens with one attached hydrogen (secondary N) is 2. The number of fused-ring (bicyclic) bond motifs is 1. The van der Waals surface area contributed by atoms with Gasteiger partial charge in [0.2, 0.25) is 5.91 Å². The van der Waals surface area contributed by atoms with Crippen LogP contribution in [0.25, 0.3) is 17.0 Å². The van der Waals surface area contributed by atoms with E-state index in [0.29, 0.717) is 6.54 Å². The molecular weight excluding hydrogens is 303 g/mol. The molecule has 1 amide bonds. The lowest BCUT2D eigenvalue weighted by atomic mass is 10.1. The standard InChI is InChI=1S/C20H19FN2O/c1-14-2-8-19-18(12-14)16(13-23-19)10-11-22-20(24)9-5-15-3-6-17(21)7-4-15/h2-9,12-13,23H,10-11H2,1H3,(H,22,24)/b9-5+. The Morgan fingerprint density at radius 3 is 2.79 bits per heavy atom. The zero-order chi connectivity index (χ0) is 16.9. The highest BCUT2D eigenvalue weighted by molar-refractivity contribution is 5.91.